The molecule has 116 valence electrons. The van der Waals surface area contributed by atoms with Crippen LogP contribution in [-0.2, 0) is 7.05 Å². The minimum atomic E-state index is -0.839. The monoisotopic (exact) mass is 418 g/mol. The number of benzene rings is 2. The lowest BCUT2D eigenvalue weighted by atomic mass is 10.1. The van der Waals surface area contributed by atoms with Crippen molar-refractivity contribution in [2.24, 2.45) is 7.05 Å². The fourth-order valence-corrected chi connectivity index (χ4v) is 4.58. The van der Waals surface area contributed by atoms with Crippen LogP contribution in [0.3, 0.4) is 0 Å². The molecular formula is C18H15IN2O2. The molecule has 0 saturated carbocycles. The fourth-order valence-electron chi connectivity index (χ4n) is 2.16. The van der Waals surface area contributed by atoms with Gasteiger partial charge in [0, 0.05) is 12.6 Å². The first-order valence-corrected chi connectivity index (χ1v) is 9.27. The molecule has 2 aromatic carbocycles. The summed E-state index contributed by atoms with van der Waals surface area (Å²) in [6.07, 6.45) is 0. The van der Waals surface area contributed by atoms with Crippen molar-refractivity contribution in [2.45, 2.75) is 6.92 Å². The van der Waals surface area contributed by atoms with E-state index < -0.39 is 21.2 Å². The largest absolute Gasteiger partial charge is 0.868 e. The van der Waals surface area contributed by atoms with Crippen molar-refractivity contribution >= 4 is 0 Å². The molecular weight excluding hydrogens is 403 g/mol. The average molecular weight is 418 g/mol. The molecule has 1 aromatic heterocycles. The van der Waals surface area contributed by atoms with Gasteiger partial charge < -0.3 is 5.11 Å². The lowest BCUT2D eigenvalue weighted by Gasteiger charge is -2.13. The molecule has 0 radical (unpaired) electrons. The molecule has 0 bridgehead atoms. The molecule has 3 aromatic rings. The van der Waals surface area contributed by atoms with Gasteiger partial charge in [-0.1, -0.05) is 48.0 Å². The molecule has 0 fully saturated rings. The van der Waals surface area contributed by atoms with Crippen LogP contribution in [-0.4, -0.2) is 9.78 Å². The number of nitrogens with zero attached hydrogens (tertiary/aromatic N) is 2. The van der Waals surface area contributed by atoms with Gasteiger partial charge in [0.1, 0.15) is 0 Å². The van der Waals surface area contributed by atoms with Crippen molar-refractivity contribution in [3.8, 4) is 17.0 Å². The Morgan fingerprint density at radius 3 is 2.35 bits per heavy atom. The summed E-state index contributed by atoms with van der Waals surface area (Å²) in [6, 6.07) is 17.3. The van der Waals surface area contributed by atoms with Crippen molar-refractivity contribution in [2.75, 3.05) is 0 Å². The first-order valence-electron chi connectivity index (χ1n) is 7.11. The van der Waals surface area contributed by atoms with E-state index in [0.717, 1.165) is 14.7 Å². The smallest absolute Gasteiger partial charge is 0.363 e. The molecule has 0 aliphatic carbocycles. The summed E-state index contributed by atoms with van der Waals surface area (Å²) in [7, 11) is 1.59. The Bertz CT molecular complexity index is 887. The third kappa shape index (κ3) is 3.29. The molecule has 1 heterocycles. The molecule has 3 rings (SSSR count). The standard InChI is InChI=1S/C18H15IN2O2/c1-12-8-10-14(11-9-12)19-15-17(22)16(20-21(2)18(15)23)13-6-4-3-5-7-13/h3-11H,1-2H3. The van der Waals surface area contributed by atoms with Gasteiger partial charge >= 0.3 is 26.8 Å². The van der Waals surface area contributed by atoms with Gasteiger partial charge in [0.15, 0.2) is 3.57 Å². The molecule has 0 spiro atoms. The van der Waals surface area contributed by atoms with Gasteiger partial charge in [0.2, 0.25) is 0 Å². The van der Waals surface area contributed by atoms with Crippen LogP contribution in [0.5, 0.6) is 5.75 Å². The molecule has 0 aliphatic rings. The van der Waals surface area contributed by atoms with E-state index in [0.29, 0.717) is 9.26 Å². The van der Waals surface area contributed by atoms with Gasteiger partial charge in [-0.25, -0.2) is 4.68 Å². The maximum absolute atomic E-state index is 12.8. The predicted molar refractivity (Wildman–Crippen MR) is 82.9 cm³/mol. The van der Waals surface area contributed by atoms with Crippen LogP contribution in [0.25, 0.3) is 11.3 Å². The van der Waals surface area contributed by atoms with Crippen LogP contribution in [0.2, 0.25) is 0 Å². The summed E-state index contributed by atoms with van der Waals surface area (Å²) in [6.45, 7) is 2.01. The third-order valence-electron chi connectivity index (χ3n) is 3.41. The van der Waals surface area contributed by atoms with E-state index in [1.54, 1.807) is 7.05 Å². The zero-order valence-corrected chi connectivity index (χ0v) is 14.9. The summed E-state index contributed by atoms with van der Waals surface area (Å²) in [5, 5.41) is 16.9. The zero-order chi connectivity index (χ0) is 16.4. The Labute approximate surface area is 144 Å². The molecule has 23 heavy (non-hydrogen) atoms. The highest BCUT2D eigenvalue weighted by atomic mass is 127. The first kappa shape index (κ1) is 15.7. The van der Waals surface area contributed by atoms with E-state index in [2.05, 4.69) is 5.10 Å². The number of hydrogen-bond acceptors (Lipinski definition) is 3. The SMILES string of the molecule is Cc1ccc([I+]c2c([O-])c(-c3ccccc3)nn(C)c2=O)cc1. The van der Waals surface area contributed by atoms with Gasteiger partial charge in [-0.15, -0.1) is 0 Å². The molecule has 0 N–H and O–H groups in total. The van der Waals surface area contributed by atoms with Crippen LogP contribution in [0.1, 0.15) is 5.56 Å². The number of rotatable bonds is 3. The lowest BCUT2D eigenvalue weighted by Crippen LogP contribution is -3.62. The summed E-state index contributed by atoms with van der Waals surface area (Å²) >= 11 is -0.839. The topological polar surface area (TPSA) is 58.0 Å². The number of aryl methyl sites for hydroxylation is 2. The fraction of sp³-hybridized carbons (Fsp3) is 0.111. The minimum Gasteiger partial charge on any atom is -0.868 e. The van der Waals surface area contributed by atoms with Crippen LogP contribution in [0, 0.1) is 14.1 Å². The second-order valence-corrected chi connectivity index (χ2v) is 8.04. The molecule has 0 unspecified atom stereocenters. The van der Waals surface area contributed by atoms with Crippen LogP contribution in [0.4, 0.5) is 0 Å². The molecule has 0 saturated heterocycles. The van der Waals surface area contributed by atoms with Crippen LogP contribution >= 0.6 is 0 Å². The Morgan fingerprint density at radius 2 is 1.70 bits per heavy atom. The zero-order valence-electron chi connectivity index (χ0n) is 12.8. The van der Waals surface area contributed by atoms with E-state index >= 15 is 0 Å². The van der Waals surface area contributed by atoms with Gasteiger partial charge in [-0.3, -0.25) is 4.79 Å². The van der Waals surface area contributed by atoms with Crippen molar-refractivity contribution in [1.82, 2.24) is 9.78 Å². The Hall–Kier alpha value is -2.15. The second-order valence-electron chi connectivity index (χ2n) is 5.18. The van der Waals surface area contributed by atoms with E-state index in [9.17, 15) is 9.90 Å². The summed E-state index contributed by atoms with van der Waals surface area (Å²) in [5.74, 6) is -0.243. The maximum Gasteiger partial charge on any atom is 0.363 e. The molecule has 5 heteroatoms. The van der Waals surface area contributed by atoms with Gasteiger partial charge in [0.05, 0.1) is 5.69 Å². The second kappa shape index (κ2) is 6.54. The lowest BCUT2D eigenvalue weighted by molar-refractivity contribution is -0.605. The summed E-state index contributed by atoms with van der Waals surface area (Å²) < 4.78 is 2.69. The average Bonchev–Trinajstić information content (AvgIpc) is 2.57. The summed E-state index contributed by atoms with van der Waals surface area (Å²) in [5.41, 5.74) is 1.95. The highest BCUT2D eigenvalue weighted by molar-refractivity contribution is 5.64. The Kier molecular flexibility index (Phi) is 4.47. The van der Waals surface area contributed by atoms with E-state index in [4.69, 9.17) is 0 Å². The molecule has 0 amide bonds. The quantitative estimate of drug-likeness (QED) is 0.511. The highest BCUT2D eigenvalue weighted by Gasteiger charge is 2.24. The highest BCUT2D eigenvalue weighted by Crippen LogP contribution is 2.22. The van der Waals surface area contributed by atoms with E-state index in [1.165, 1.54) is 4.68 Å². The predicted octanol–water partition coefficient (Wildman–Crippen LogP) is -1.04. The van der Waals surface area contributed by atoms with Crippen molar-refractivity contribution in [3.63, 3.8) is 0 Å². The van der Waals surface area contributed by atoms with Crippen molar-refractivity contribution in [1.29, 1.82) is 0 Å². The van der Waals surface area contributed by atoms with Gasteiger partial charge in [0.25, 0.3) is 3.57 Å². The van der Waals surface area contributed by atoms with Gasteiger partial charge in [-0.05, 0) is 24.8 Å². The first-order chi connectivity index (χ1) is 11.1. The van der Waals surface area contributed by atoms with Gasteiger partial charge in [-0.2, -0.15) is 5.10 Å². The van der Waals surface area contributed by atoms with Crippen molar-refractivity contribution in [3.05, 3.63) is 77.7 Å². The number of aromatic nitrogens is 2. The molecule has 0 atom stereocenters. The molecule has 4 nitrogen and oxygen atoms in total. The van der Waals surface area contributed by atoms with E-state index in [1.807, 2.05) is 61.5 Å². The third-order valence-corrected chi connectivity index (χ3v) is 6.24. The van der Waals surface area contributed by atoms with E-state index in [-0.39, 0.29) is 11.3 Å². The number of hydrogen-bond donors (Lipinski definition) is 0. The van der Waals surface area contributed by atoms with Crippen molar-refractivity contribution < 1.29 is 26.3 Å². The minimum absolute atomic E-state index is 0.243. The summed E-state index contributed by atoms with van der Waals surface area (Å²) in [4.78, 5) is 12.4. The Morgan fingerprint density at radius 1 is 1.04 bits per heavy atom. The maximum atomic E-state index is 12.8. The van der Waals surface area contributed by atoms with Crippen LogP contribution < -0.4 is 31.9 Å². The molecule has 0 aliphatic heterocycles. The number of halogens is 1. The Balaban J connectivity index is 2.11. The van der Waals surface area contributed by atoms with Crippen LogP contribution in [0.15, 0.2) is 59.4 Å². The normalized spacial score (nSPS) is 10.7.